The number of anilines is 2. The maximum atomic E-state index is 12.4. The molecule has 0 aliphatic heterocycles. The molecule has 0 saturated heterocycles. The molecule has 0 radical (unpaired) electrons. The van der Waals surface area contributed by atoms with E-state index in [-0.39, 0.29) is 5.56 Å². The zero-order chi connectivity index (χ0) is 21.6. The van der Waals surface area contributed by atoms with Gasteiger partial charge in [-0.15, -0.1) is 0 Å². The lowest BCUT2D eigenvalue weighted by atomic mass is 10.2. The molecule has 0 spiro atoms. The van der Waals surface area contributed by atoms with Crippen LogP contribution in [0.15, 0.2) is 48.5 Å². The van der Waals surface area contributed by atoms with Crippen LogP contribution >= 0.6 is 0 Å². The van der Waals surface area contributed by atoms with Crippen LogP contribution in [-0.2, 0) is 14.3 Å². The fourth-order valence-corrected chi connectivity index (χ4v) is 2.39. The summed E-state index contributed by atoms with van der Waals surface area (Å²) in [5.41, 5.74) is 1.57. The van der Waals surface area contributed by atoms with Crippen LogP contribution in [0.25, 0.3) is 0 Å². The second-order valence-electron chi connectivity index (χ2n) is 7.61. The van der Waals surface area contributed by atoms with Crippen LogP contribution in [-0.4, -0.2) is 29.7 Å². The van der Waals surface area contributed by atoms with Crippen LogP contribution in [0.2, 0.25) is 0 Å². The van der Waals surface area contributed by atoms with Gasteiger partial charge in [-0.05, 0) is 70.5 Å². The van der Waals surface area contributed by atoms with E-state index in [1.165, 1.54) is 19.1 Å². The molecule has 1 atom stereocenters. The van der Waals surface area contributed by atoms with E-state index in [1.54, 1.807) is 39.0 Å². The van der Waals surface area contributed by atoms with Gasteiger partial charge in [-0.1, -0.05) is 18.2 Å². The number of aryl methyl sites for hydroxylation is 1. The van der Waals surface area contributed by atoms with Gasteiger partial charge in [-0.3, -0.25) is 10.1 Å². The minimum absolute atomic E-state index is 0.203. The van der Waals surface area contributed by atoms with Crippen LogP contribution < -0.4 is 10.6 Å². The van der Waals surface area contributed by atoms with Crippen LogP contribution in [0, 0.1) is 6.92 Å². The van der Waals surface area contributed by atoms with Gasteiger partial charge in [0, 0.05) is 11.4 Å². The third kappa shape index (κ3) is 7.29. The molecule has 2 N–H and O–H groups in total. The Morgan fingerprint density at radius 2 is 1.55 bits per heavy atom. The van der Waals surface area contributed by atoms with Crippen LogP contribution in [0.5, 0.6) is 0 Å². The van der Waals surface area contributed by atoms with Crippen molar-refractivity contribution in [3.8, 4) is 0 Å². The average Bonchev–Trinajstić information content (AvgIpc) is 2.60. The molecule has 0 heterocycles. The van der Waals surface area contributed by atoms with Crippen molar-refractivity contribution >= 4 is 29.3 Å². The van der Waals surface area contributed by atoms with Crippen LogP contribution in [0.4, 0.5) is 16.2 Å². The highest BCUT2D eigenvalue weighted by Crippen LogP contribution is 2.16. The summed E-state index contributed by atoms with van der Waals surface area (Å²) in [4.78, 5) is 36.5. The normalized spacial score (nSPS) is 11.9. The fourth-order valence-electron chi connectivity index (χ4n) is 2.39. The standard InChI is InChI=1S/C22H26N2O5/c1-14-8-6-10-17(12-14)23-19(25)15(2)28-20(26)16-9-7-11-18(13-16)24-21(27)29-22(3,4)5/h6-13,15H,1-5H3,(H,23,25)(H,24,27)/t15-/m1/s1. The Morgan fingerprint density at radius 1 is 0.931 bits per heavy atom. The Bertz CT molecular complexity index is 902. The number of hydrogen-bond donors (Lipinski definition) is 2. The third-order valence-electron chi connectivity index (χ3n) is 3.68. The SMILES string of the molecule is Cc1cccc(NC(=O)[C@@H](C)OC(=O)c2cccc(NC(=O)OC(C)(C)C)c2)c1. The quantitative estimate of drug-likeness (QED) is 0.722. The molecule has 7 heteroatoms. The molecule has 0 aromatic heterocycles. The lowest BCUT2D eigenvalue weighted by Crippen LogP contribution is -2.30. The number of benzene rings is 2. The molecule has 0 fully saturated rings. The summed E-state index contributed by atoms with van der Waals surface area (Å²) in [6.45, 7) is 8.67. The molecule has 2 amide bonds. The van der Waals surface area contributed by atoms with Crippen molar-refractivity contribution < 1.29 is 23.9 Å². The van der Waals surface area contributed by atoms with Crippen molar-refractivity contribution in [2.45, 2.75) is 46.3 Å². The van der Waals surface area contributed by atoms with E-state index in [0.29, 0.717) is 11.4 Å². The highest BCUT2D eigenvalue weighted by atomic mass is 16.6. The number of amides is 2. The van der Waals surface area contributed by atoms with E-state index in [9.17, 15) is 14.4 Å². The molecule has 2 rings (SSSR count). The first-order valence-electron chi connectivity index (χ1n) is 9.22. The first kappa shape index (κ1) is 21.9. The van der Waals surface area contributed by atoms with Gasteiger partial charge in [0.25, 0.3) is 5.91 Å². The number of rotatable bonds is 5. The monoisotopic (exact) mass is 398 g/mol. The molecule has 7 nitrogen and oxygen atoms in total. The van der Waals surface area contributed by atoms with Gasteiger partial charge in [-0.2, -0.15) is 0 Å². The Morgan fingerprint density at radius 3 is 2.17 bits per heavy atom. The summed E-state index contributed by atoms with van der Waals surface area (Å²) in [5, 5.41) is 5.27. The molecule has 2 aromatic carbocycles. The molecule has 0 aliphatic carbocycles. The zero-order valence-electron chi connectivity index (χ0n) is 17.2. The summed E-state index contributed by atoms with van der Waals surface area (Å²) >= 11 is 0. The molecular formula is C22H26N2O5. The molecule has 154 valence electrons. The highest BCUT2D eigenvalue weighted by Gasteiger charge is 2.20. The van der Waals surface area contributed by atoms with E-state index in [0.717, 1.165) is 5.56 Å². The third-order valence-corrected chi connectivity index (χ3v) is 3.68. The summed E-state index contributed by atoms with van der Waals surface area (Å²) in [5.74, 6) is -1.11. The van der Waals surface area contributed by atoms with E-state index in [4.69, 9.17) is 9.47 Å². The van der Waals surface area contributed by atoms with Gasteiger partial charge in [0.2, 0.25) is 0 Å². The van der Waals surface area contributed by atoms with Crippen molar-refractivity contribution in [2.75, 3.05) is 10.6 Å². The minimum atomic E-state index is -0.995. The van der Waals surface area contributed by atoms with Gasteiger partial charge < -0.3 is 14.8 Å². The number of ether oxygens (including phenoxy) is 2. The molecule has 0 saturated carbocycles. The Hall–Kier alpha value is -3.35. The molecule has 0 unspecified atom stereocenters. The summed E-state index contributed by atoms with van der Waals surface area (Å²) in [6.07, 6.45) is -1.63. The lowest BCUT2D eigenvalue weighted by molar-refractivity contribution is -0.123. The summed E-state index contributed by atoms with van der Waals surface area (Å²) in [7, 11) is 0. The second kappa shape index (κ2) is 9.23. The minimum Gasteiger partial charge on any atom is -0.449 e. The van der Waals surface area contributed by atoms with Gasteiger partial charge in [0.1, 0.15) is 5.60 Å². The first-order valence-corrected chi connectivity index (χ1v) is 9.22. The molecular weight excluding hydrogens is 372 g/mol. The first-order chi connectivity index (χ1) is 13.5. The van der Waals surface area contributed by atoms with E-state index >= 15 is 0 Å². The summed E-state index contributed by atoms with van der Waals surface area (Å²) in [6, 6.07) is 13.5. The number of carbonyl (C=O) groups is 3. The van der Waals surface area contributed by atoms with Crippen LogP contribution in [0.1, 0.15) is 43.6 Å². The number of carbonyl (C=O) groups excluding carboxylic acids is 3. The molecule has 0 aliphatic rings. The van der Waals surface area contributed by atoms with E-state index in [2.05, 4.69) is 10.6 Å². The van der Waals surface area contributed by atoms with E-state index < -0.39 is 29.7 Å². The number of hydrogen-bond acceptors (Lipinski definition) is 5. The van der Waals surface area contributed by atoms with Gasteiger partial charge in [0.05, 0.1) is 5.56 Å². The summed E-state index contributed by atoms with van der Waals surface area (Å²) < 4.78 is 10.4. The van der Waals surface area contributed by atoms with Gasteiger partial charge in [-0.25, -0.2) is 9.59 Å². The second-order valence-corrected chi connectivity index (χ2v) is 7.61. The van der Waals surface area contributed by atoms with Gasteiger partial charge >= 0.3 is 12.1 Å². The largest absolute Gasteiger partial charge is 0.449 e. The topological polar surface area (TPSA) is 93.7 Å². The molecule has 29 heavy (non-hydrogen) atoms. The van der Waals surface area contributed by atoms with Crippen molar-refractivity contribution in [1.29, 1.82) is 0 Å². The smallest absolute Gasteiger partial charge is 0.412 e. The van der Waals surface area contributed by atoms with Crippen molar-refractivity contribution in [2.24, 2.45) is 0 Å². The van der Waals surface area contributed by atoms with E-state index in [1.807, 2.05) is 25.1 Å². The van der Waals surface area contributed by atoms with Crippen molar-refractivity contribution in [1.82, 2.24) is 0 Å². The van der Waals surface area contributed by atoms with Gasteiger partial charge in [0.15, 0.2) is 6.10 Å². The van der Waals surface area contributed by atoms with Crippen LogP contribution in [0.3, 0.4) is 0 Å². The highest BCUT2D eigenvalue weighted by molar-refractivity contribution is 5.98. The maximum Gasteiger partial charge on any atom is 0.412 e. The van der Waals surface area contributed by atoms with Crippen molar-refractivity contribution in [3.63, 3.8) is 0 Å². The Kier molecular flexibility index (Phi) is 6.98. The lowest BCUT2D eigenvalue weighted by Gasteiger charge is -2.19. The predicted molar refractivity (Wildman–Crippen MR) is 111 cm³/mol. The Labute approximate surface area is 170 Å². The Balaban J connectivity index is 1.97. The number of nitrogens with one attached hydrogen (secondary N) is 2. The predicted octanol–water partition coefficient (Wildman–Crippen LogP) is 4.53. The fraction of sp³-hybridized carbons (Fsp3) is 0.318. The maximum absolute atomic E-state index is 12.4. The zero-order valence-corrected chi connectivity index (χ0v) is 17.2. The van der Waals surface area contributed by atoms with Crippen molar-refractivity contribution in [3.05, 3.63) is 59.7 Å². The molecule has 0 bridgehead atoms. The number of esters is 1. The average molecular weight is 398 g/mol. The molecule has 2 aromatic rings.